The molecule has 1 atom stereocenters. The molecule has 0 bridgehead atoms. The molecule has 4 rings (SSSR count). The Morgan fingerprint density at radius 2 is 1.81 bits per heavy atom. The first-order valence-corrected chi connectivity index (χ1v) is 10.5. The Morgan fingerprint density at radius 3 is 2.50 bits per heavy atom. The summed E-state index contributed by atoms with van der Waals surface area (Å²) in [5.41, 5.74) is 0.381. The van der Waals surface area contributed by atoms with Gasteiger partial charge in [-0.25, -0.2) is 9.37 Å². The molecule has 166 valence electrons. The molecule has 1 aliphatic rings. The fraction of sp³-hybridized carbons (Fsp3) is 0.227. The van der Waals surface area contributed by atoms with Crippen LogP contribution in [0.3, 0.4) is 0 Å². The largest absolute Gasteiger partial charge is 0.419 e. The number of fused-ring (bicyclic) bond motifs is 1. The summed E-state index contributed by atoms with van der Waals surface area (Å²) < 4.78 is 52.2. The van der Waals surface area contributed by atoms with Crippen LogP contribution >= 0.6 is 11.3 Å². The van der Waals surface area contributed by atoms with Crippen LogP contribution in [0.4, 0.5) is 28.4 Å². The summed E-state index contributed by atoms with van der Waals surface area (Å²) in [5.74, 6) is -2.95. The molecule has 0 radical (unpaired) electrons. The number of nitrogens with one attached hydrogen (secondary N) is 2. The summed E-state index contributed by atoms with van der Waals surface area (Å²) in [7, 11) is 0. The molecule has 5 nitrogen and oxygen atoms in total. The molecular formula is C22H17F4N3O2S. The Morgan fingerprint density at radius 1 is 1.09 bits per heavy atom. The lowest BCUT2D eigenvalue weighted by Crippen LogP contribution is -2.20. The number of anilines is 2. The normalized spacial score (nSPS) is 15.3. The second kappa shape index (κ2) is 8.34. The molecule has 0 saturated carbocycles. The number of alkyl halides is 3. The number of aryl methyl sites for hydroxylation is 2. The number of carbonyl (C=O) groups excluding carboxylic acids is 2. The van der Waals surface area contributed by atoms with Crippen LogP contribution in [-0.2, 0) is 17.4 Å². The lowest BCUT2D eigenvalue weighted by molar-refractivity contribution is -0.140. The van der Waals surface area contributed by atoms with Crippen molar-refractivity contribution in [3.05, 3.63) is 75.5 Å². The number of hydrogen-bond acceptors (Lipinski definition) is 4. The van der Waals surface area contributed by atoms with Gasteiger partial charge >= 0.3 is 6.18 Å². The third-order valence-corrected chi connectivity index (χ3v) is 6.15. The van der Waals surface area contributed by atoms with Crippen molar-refractivity contribution in [2.45, 2.75) is 31.9 Å². The molecule has 1 heterocycles. The Bertz CT molecular complexity index is 1190. The molecule has 10 heteroatoms. The van der Waals surface area contributed by atoms with Crippen LogP contribution in [-0.4, -0.2) is 16.8 Å². The van der Waals surface area contributed by atoms with Crippen LogP contribution in [0.5, 0.6) is 0 Å². The molecule has 3 aromatic rings. The number of hydrogen-bond donors (Lipinski definition) is 2. The van der Waals surface area contributed by atoms with Gasteiger partial charge in [0.25, 0.3) is 5.91 Å². The predicted molar refractivity (Wildman–Crippen MR) is 112 cm³/mol. The van der Waals surface area contributed by atoms with E-state index in [1.807, 2.05) is 19.1 Å². The summed E-state index contributed by atoms with van der Waals surface area (Å²) in [6, 6.07) is 9.33. The fourth-order valence-corrected chi connectivity index (χ4v) is 4.49. The van der Waals surface area contributed by atoms with Crippen molar-refractivity contribution in [1.29, 1.82) is 0 Å². The topological polar surface area (TPSA) is 71.1 Å². The minimum Gasteiger partial charge on any atom is -0.325 e. The quantitative estimate of drug-likeness (QED) is 0.500. The maximum Gasteiger partial charge on any atom is 0.419 e. The molecule has 32 heavy (non-hydrogen) atoms. The van der Waals surface area contributed by atoms with Crippen LogP contribution in [0, 0.1) is 12.7 Å². The number of thiazole rings is 1. The van der Waals surface area contributed by atoms with Gasteiger partial charge in [0, 0.05) is 16.1 Å². The smallest absolute Gasteiger partial charge is 0.325 e. The van der Waals surface area contributed by atoms with Gasteiger partial charge in [0.05, 0.1) is 17.2 Å². The van der Waals surface area contributed by atoms with Crippen molar-refractivity contribution in [2.24, 2.45) is 0 Å². The van der Waals surface area contributed by atoms with Gasteiger partial charge in [0.15, 0.2) is 5.13 Å². The highest BCUT2D eigenvalue weighted by Gasteiger charge is 2.36. The third kappa shape index (κ3) is 4.50. The first kappa shape index (κ1) is 21.9. The van der Waals surface area contributed by atoms with Gasteiger partial charge in [0.2, 0.25) is 5.91 Å². The van der Waals surface area contributed by atoms with Crippen LogP contribution in [0.25, 0.3) is 0 Å². The lowest BCUT2D eigenvalue weighted by Gasteiger charge is -2.13. The molecule has 0 saturated heterocycles. The van der Waals surface area contributed by atoms with Crippen LogP contribution < -0.4 is 10.6 Å². The fourth-order valence-electron chi connectivity index (χ4n) is 3.46. The predicted octanol–water partition coefficient (Wildman–Crippen LogP) is 5.53. The van der Waals surface area contributed by atoms with E-state index in [0.29, 0.717) is 41.4 Å². The molecule has 0 aliphatic heterocycles. The zero-order valence-electron chi connectivity index (χ0n) is 16.7. The van der Waals surface area contributed by atoms with E-state index >= 15 is 0 Å². The molecule has 2 aromatic carbocycles. The SMILES string of the molecule is Cc1ccc(C(=O)Nc2nc3c(s2)CCC3C(=O)Nc2ccc(F)c(C(F)(F)F)c2)cc1. The zero-order valence-corrected chi connectivity index (χ0v) is 17.5. The highest BCUT2D eigenvalue weighted by molar-refractivity contribution is 7.16. The summed E-state index contributed by atoms with van der Waals surface area (Å²) in [6.45, 7) is 1.91. The molecule has 1 aliphatic carbocycles. The van der Waals surface area contributed by atoms with E-state index in [4.69, 9.17) is 0 Å². The standard InChI is InChI=1S/C22H17F4N3O2S/c1-11-2-4-12(5-3-11)19(30)29-21-28-18-14(7-9-17(18)32-21)20(31)27-13-6-8-16(23)15(10-13)22(24,25)26/h2-6,8,10,14H,7,9H2,1H3,(H,27,31)(H,28,29,30). The maximum atomic E-state index is 13.5. The van der Waals surface area contributed by atoms with Crippen LogP contribution in [0.15, 0.2) is 42.5 Å². The highest BCUT2D eigenvalue weighted by Crippen LogP contribution is 2.39. The molecule has 2 N–H and O–H groups in total. The molecule has 0 fully saturated rings. The minimum atomic E-state index is -4.87. The Hall–Kier alpha value is -3.27. The first-order chi connectivity index (χ1) is 15.1. The molecule has 0 spiro atoms. The van der Waals surface area contributed by atoms with Crippen molar-refractivity contribution >= 4 is 34.0 Å². The number of halogens is 4. The van der Waals surface area contributed by atoms with E-state index in [1.165, 1.54) is 11.3 Å². The average molecular weight is 463 g/mol. The summed E-state index contributed by atoms with van der Waals surface area (Å²) in [5, 5.41) is 5.48. The van der Waals surface area contributed by atoms with Crippen molar-refractivity contribution < 1.29 is 27.2 Å². The summed E-state index contributed by atoms with van der Waals surface area (Å²) in [6.07, 6.45) is -3.87. The van der Waals surface area contributed by atoms with E-state index in [0.717, 1.165) is 16.5 Å². The Kier molecular flexibility index (Phi) is 5.72. The molecule has 2 amide bonds. The van der Waals surface area contributed by atoms with Crippen LogP contribution in [0.1, 0.15) is 44.4 Å². The van der Waals surface area contributed by atoms with Crippen molar-refractivity contribution in [3.8, 4) is 0 Å². The van der Waals surface area contributed by atoms with Crippen molar-refractivity contribution in [1.82, 2.24) is 4.98 Å². The number of aromatic nitrogens is 1. The first-order valence-electron chi connectivity index (χ1n) is 9.67. The monoisotopic (exact) mass is 463 g/mol. The van der Waals surface area contributed by atoms with Gasteiger partial charge in [-0.05, 0) is 50.1 Å². The molecule has 1 unspecified atom stereocenters. The van der Waals surface area contributed by atoms with Crippen molar-refractivity contribution in [3.63, 3.8) is 0 Å². The van der Waals surface area contributed by atoms with Gasteiger partial charge in [-0.3, -0.25) is 14.9 Å². The lowest BCUT2D eigenvalue weighted by atomic mass is 10.1. The van der Waals surface area contributed by atoms with E-state index in [-0.39, 0.29) is 11.6 Å². The van der Waals surface area contributed by atoms with E-state index in [9.17, 15) is 27.2 Å². The van der Waals surface area contributed by atoms with Crippen LogP contribution in [0.2, 0.25) is 0 Å². The maximum absolute atomic E-state index is 13.5. The average Bonchev–Trinajstić information content (AvgIpc) is 3.29. The second-order valence-electron chi connectivity index (χ2n) is 7.42. The number of carbonyl (C=O) groups is 2. The minimum absolute atomic E-state index is 0.152. The number of benzene rings is 2. The Labute approximate surface area is 184 Å². The molecular weight excluding hydrogens is 446 g/mol. The summed E-state index contributed by atoms with van der Waals surface area (Å²) >= 11 is 1.26. The zero-order chi connectivity index (χ0) is 23.0. The molecule has 1 aromatic heterocycles. The Balaban J connectivity index is 1.48. The number of amides is 2. The van der Waals surface area contributed by atoms with Gasteiger partial charge in [0.1, 0.15) is 5.82 Å². The van der Waals surface area contributed by atoms with Gasteiger partial charge < -0.3 is 5.32 Å². The third-order valence-electron chi connectivity index (χ3n) is 5.11. The van der Waals surface area contributed by atoms with Crippen molar-refractivity contribution in [2.75, 3.05) is 10.6 Å². The van der Waals surface area contributed by atoms with Gasteiger partial charge in [-0.2, -0.15) is 13.2 Å². The second-order valence-corrected chi connectivity index (χ2v) is 8.50. The van der Waals surface area contributed by atoms with Gasteiger partial charge in [-0.15, -0.1) is 11.3 Å². The van der Waals surface area contributed by atoms with Gasteiger partial charge in [-0.1, -0.05) is 17.7 Å². The number of nitrogens with zero attached hydrogens (tertiary/aromatic N) is 1. The summed E-state index contributed by atoms with van der Waals surface area (Å²) in [4.78, 5) is 30.3. The van der Waals surface area contributed by atoms with E-state index in [1.54, 1.807) is 12.1 Å². The number of rotatable bonds is 4. The van der Waals surface area contributed by atoms with E-state index in [2.05, 4.69) is 15.6 Å². The van der Waals surface area contributed by atoms with E-state index < -0.39 is 29.4 Å². The highest BCUT2D eigenvalue weighted by atomic mass is 32.1.